The minimum atomic E-state index is -0.401. The molecule has 1 aliphatic rings. The second-order valence-electron chi connectivity index (χ2n) is 6.21. The summed E-state index contributed by atoms with van der Waals surface area (Å²) in [5.74, 6) is -0.369. The first-order valence-electron chi connectivity index (χ1n) is 7.92. The zero-order chi connectivity index (χ0) is 17.3. The zero-order valence-electron chi connectivity index (χ0n) is 14.0. The molecule has 2 amide bonds. The number of nitrogens with zero attached hydrogens (tertiary/aromatic N) is 3. The molecule has 0 radical (unpaired) electrons. The minimum Gasteiger partial charge on any atom is -0.312 e. The molecule has 1 aliphatic heterocycles. The third-order valence-corrected chi connectivity index (χ3v) is 4.03. The van der Waals surface area contributed by atoms with Crippen molar-refractivity contribution in [3.63, 3.8) is 0 Å². The van der Waals surface area contributed by atoms with Crippen molar-refractivity contribution in [3.05, 3.63) is 47.3 Å². The molecule has 3 rings (SSSR count). The van der Waals surface area contributed by atoms with E-state index >= 15 is 0 Å². The molecular weight excluding hydrogens is 304 g/mol. The summed E-state index contributed by atoms with van der Waals surface area (Å²) >= 11 is 0. The van der Waals surface area contributed by atoms with Gasteiger partial charge >= 0.3 is 0 Å². The number of amides is 2. The van der Waals surface area contributed by atoms with Crippen LogP contribution in [0.5, 0.6) is 0 Å². The van der Waals surface area contributed by atoms with Gasteiger partial charge in [0.15, 0.2) is 0 Å². The van der Waals surface area contributed by atoms with Crippen LogP contribution in [0.3, 0.4) is 0 Å². The molecule has 1 N–H and O–H groups in total. The Kier molecular flexibility index (Phi) is 4.29. The van der Waals surface area contributed by atoms with Crippen molar-refractivity contribution in [1.29, 1.82) is 0 Å². The number of nitrogens with one attached hydrogen (secondary N) is 1. The van der Waals surface area contributed by atoms with Gasteiger partial charge in [-0.05, 0) is 44.5 Å². The van der Waals surface area contributed by atoms with Gasteiger partial charge in [-0.3, -0.25) is 14.9 Å². The predicted octanol–water partition coefficient (Wildman–Crippen LogP) is 2.39. The molecular formula is C18H20N4O2. The van der Waals surface area contributed by atoms with E-state index in [9.17, 15) is 9.59 Å². The van der Waals surface area contributed by atoms with Crippen molar-refractivity contribution in [2.24, 2.45) is 5.92 Å². The first kappa shape index (κ1) is 16.1. The van der Waals surface area contributed by atoms with E-state index in [0.29, 0.717) is 12.5 Å². The molecule has 1 unspecified atom stereocenters. The number of hydrogen-bond donors (Lipinski definition) is 1. The van der Waals surface area contributed by atoms with Crippen LogP contribution < -0.4 is 10.2 Å². The van der Waals surface area contributed by atoms with E-state index in [1.165, 1.54) is 0 Å². The van der Waals surface area contributed by atoms with E-state index in [-0.39, 0.29) is 18.2 Å². The Hall–Kier alpha value is -2.76. The second-order valence-corrected chi connectivity index (χ2v) is 6.21. The average Bonchev–Trinajstić information content (AvgIpc) is 2.88. The molecule has 6 heteroatoms. The maximum absolute atomic E-state index is 12.5. The van der Waals surface area contributed by atoms with Crippen LogP contribution in [0.2, 0.25) is 0 Å². The molecule has 0 bridgehead atoms. The highest BCUT2D eigenvalue weighted by atomic mass is 16.2. The van der Waals surface area contributed by atoms with E-state index in [0.717, 1.165) is 22.6 Å². The Labute approximate surface area is 140 Å². The van der Waals surface area contributed by atoms with Crippen LogP contribution in [0.25, 0.3) is 0 Å². The number of aromatic nitrogens is 2. The van der Waals surface area contributed by atoms with E-state index in [1.807, 2.05) is 51.1 Å². The first-order valence-corrected chi connectivity index (χ1v) is 7.92. The maximum atomic E-state index is 12.5. The fraction of sp³-hybridized carbons (Fsp3) is 0.333. The van der Waals surface area contributed by atoms with Crippen molar-refractivity contribution in [2.75, 3.05) is 16.8 Å². The molecule has 1 fully saturated rings. The molecule has 0 spiro atoms. The van der Waals surface area contributed by atoms with Crippen LogP contribution in [-0.2, 0) is 9.59 Å². The molecule has 1 aromatic carbocycles. The topological polar surface area (TPSA) is 75.2 Å². The van der Waals surface area contributed by atoms with E-state index in [1.54, 1.807) is 4.90 Å². The molecule has 0 aliphatic carbocycles. The lowest BCUT2D eigenvalue weighted by molar-refractivity contribution is -0.122. The van der Waals surface area contributed by atoms with Crippen LogP contribution >= 0.6 is 0 Å². The highest BCUT2D eigenvalue weighted by molar-refractivity contribution is 6.03. The Bertz CT molecular complexity index is 783. The SMILES string of the molecule is Cc1cccc(N2CC(C(=O)Nc3nc(C)cc(C)n3)CC2=O)c1. The van der Waals surface area contributed by atoms with Gasteiger partial charge in [0.2, 0.25) is 17.8 Å². The summed E-state index contributed by atoms with van der Waals surface area (Å²) in [7, 11) is 0. The third kappa shape index (κ3) is 3.42. The van der Waals surface area contributed by atoms with Gasteiger partial charge in [-0.2, -0.15) is 0 Å². The fourth-order valence-electron chi connectivity index (χ4n) is 2.92. The van der Waals surface area contributed by atoms with E-state index in [2.05, 4.69) is 15.3 Å². The van der Waals surface area contributed by atoms with E-state index < -0.39 is 5.92 Å². The number of anilines is 2. The molecule has 1 atom stereocenters. The summed E-state index contributed by atoms with van der Waals surface area (Å²) in [6, 6.07) is 9.57. The van der Waals surface area contributed by atoms with Crippen molar-refractivity contribution in [2.45, 2.75) is 27.2 Å². The van der Waals surface area contributed by atoms with Crippen LogP contribution in [0.15, 0.2) is 30.3 Å². The van der Waals surface area contributed by atoms with Crippen LogP contribution in [0, 0.1) is 26.7 Å². The van der Waals surface area contributed by atoms with E-state index in [4.69, 9.17) is 0 Å². The van der Waals surface area contributed by atoms with Crippen molar-refractivity contribution >= 4 is 23.5 Å². The van der Waals surface area contributed by atoms with Gasteiger partial charge in [0, 0.05) is 30.0 Å². The van der Waals surface area contributed by atoms with Crippen molar-refractivity contribution in [3.8, 4) is 0 Å². The fourth-order valence-corrected chi connectivity index (χ4v) is 2.92. The number of benzene rings is 1. The van der Waals surface area contributed by atoms with Crippen molar-refractivity contribution < 1.29 is 9.59 Å². The lowest BCUT2D eigenvalue weighted by atomic mass is 10.1. The molecule has 2 aromatic rings. The third-order valence-electron chi connectivity index (χ3n) is 4.03. The number of aryl methyl sites for hydroxylation is 3. The number of carbonyl (C=O) groups is 2. The zero-order valence-corrected chi connectivity index (χ0v) is 14.0. The normalized spacial score (nSPS) is 17.2. The van der Waals surface area contributed by atoms with Gasteiger partial charge in [-0.25, -0.2) is 9.97 Å². The quantitative estimate of drug-likeness (QED) is 0.940. The average molecular weight is 324 g/mol. The number of carbonyl (C=O) groups excluding carboxylic acids is 2. The summed E-state index contributed by atoms with van der Waals surface area (Å²) in [5.41, 5.74) is 3.50. The summed E-state index contributed by atoms with van der Waals surface area (Å²) in [4.78, 5) is 34.8. The Balaban J connectivity index is 1.72. The molecule has 1 saturated heterocycles. The lowest BCUT2D eigenvalue weighted by Crippen LogP contribution is -2.28. The monoisotopic (exact) mass is 324 g/mol. The van der Waals surface area contributed by atoms with Crippen LogP contribution in [0.1, 0.15) is 23.4 Å². The van der Waals surface area contributed by atoms with Gasteiger partial charge in [0.1, 0.15) is 0 Å². The van der Waals surface area contributed by atoms with Gasteiger partial charge in [0.25, 0.3) is 0 Å². The molecule has 1 aromatic heterocycles. The highest BCUT2D eigenvalue weighted by Crippen LogP contribution is 2.26. The summed E-state index contributed by atoms with van der Waals surface area (Å²) < 4.78 is 0. The van der Waals surface area contributed by atoms with Crippen molar-refractivity contribution in [1.82, 2.24) is 9.97 Å². The number of rotatable bonds is 3. The highest BCUT2D eigenvalue weighted by Gasteiger charge is 2.35. The molecule has 2 heterocycles. The largest absolute Gasteiger partial charge is 0.312 e. The number of hydrogen-bond acceptors (Lipinski definition) is 4. The van der Waals surface area contributed by atoms with Crippen LogP contribution in [-0.4, -0.2) is 28.3 Å². The molecule has 0 saturated carbocycles. The summed E-state index contributed by atoms with van der Waals surface area (Å²) in [6.07, 6.45) is 0.199. The molecule has 124 valence electrons. The summed E-state index contributed by atoms with van der Waals surface area (Å²) in [5, 5.41) is 2.73. The van der Waals surface area contributed by atoms with Crippen LogP contribution in [0.4, 0.5) is 11.6 Å². The molecule has 24 heavy (non-hydrogen) atoms. The van der Waals surface area contributed by atoms with Gasteiger partial charge in [0.05, 0.1) is 5.92 Å². The smallest absolute Gasteiger partial charge is 0.232 e. The van der Waals surface area contributed by atoms with Gasteiger partial charge < -0.3 is 4.90 Å². The first-order chi connectivity index (χ1) is 11.4. The molecule has 6 nitrogen and oxygen atoms in total. The summed E-state index contributed by atoms with van der Waals surface area (Å²) in [6.45, 7) is 6.05. The Morgan fingerprint density at radius 2 is 1.88 bits per heavy atom. The maximum Gasteiger partial charge on any atom is 0.232 e. The Morgan fingerprint density at radius 1 is 1.17 bits per heavy atom. The standard InChI is InChI=1S/C18H20N4O2/c1-11-5-4-6-15(7-11)22-10-14(9-16(22)23)17(24)21-18-19-12(2)8-13(3)20-18/h4-8,14H,9-10H2,1-3H3,(H,19,20,21,24). The second kappa shape index (κ2) is 6.39. The minimum absolute atomic E-state index is 0.0397. The Morgan fingerprint density at radius 3 is 2.54 bits per heavy atom. The predicted molar refractivity (Wildman–Crippen MR) is 91.8 cm³/mol. The lowest BCUT2D eigenvalue weighted by Gasteiger charge is -2.17. The van der Waals surface area contributed by atoms with Gasteiger partial charge in [-0.15, -0.1) is 0 Å². The van der Waals surface area contributed by atoms with Gasteiger partial charge in [-0.1, -0.05) is 12.1 Å².